The van der Waals surface area contributed by atoms with Crippen molar-refractivity contribution in [1.82, 2.24) is 0 Å². The Morgan fingerprint density at radius 3 is 1.94 bits per heavy atom. The Bertz CT molecular complexity index is 333. The first-order chi connectivity index (χ1) is 7.24. The molecule has 1 nitrogen and oxygen atoms in total. The van der Waals surface area contributed by atoms with E-state index in [4.69, 9.17) is 0 Å². The molecule has 0 saturated carbocycles. The van der Waals surface area contributed by atoms with Crippen LogP contribution >= 0.6 is 0 Å². The van der Waals surface area contributed by atoms with E-state index < -0.39 is 24.6 Å². The van der Waals surface area contributed by atoms with Crippen LogP contribution in [-0.4, -0.2) is 17.2 Å². The highest BCUT2D eigenvalue weighted by Gasteiger charge is 2.58. The van der Waals surface area contributed by atoms with Crippen molar-refractivity contribution in [1.29, 1.82) is 0 Å². The van der Waals surface area contributed by atoms with Crippen LogP contribution in [0, 0.1) is 0 Å². The van der Waals surface area contributed by atoms with Gasteiger partial charge >= 0.3 is 12.1 Å². The molecular formula is C10H9F5O. The van der Waals surface area contributed by atoms with Crippen LogP contribution in [0.2, 0.25) is 0 Å². The molecule has 0 heterocycles. The number of alkyl halides is 5. The molecule has 0 aliphatic rings. The minimum Gasteiger partial charge on any atom is -0.388 e. The van der Waals surface area contributed by atoms with Gasteiger partial charge in [0.25, 0.3) is 0 Å². The SMILES string of the molecule is OC(CC(F)(F)C(F)(F)F)c1ccccc1. The molecule has 0 spiro atoms. The largest absolute Gasteiger partial charge is 0.453 e. The summed E-state index contributed by atoms with van der Waals surface area (Å²) >= 11 is 0. The summed E-state index contributed by atoms with van der Waals surface area (Å²) in [6, 6.07) is 7.04. The molecule has 0 aliphatic heterocycles. The standard InChI is InChI=1S/C10H9F5O/c11-9(12,10(13,14)15)6-8(16)7-4-2-1-3-5-7/h1-5,8,16H,6H2. The third-order valence-electron chi connectivity index (χ3n) is 2.05. The van der Waals surface area contributed by atoms with Gasteiger partial charge in [0.1, 0.15) is 0 Å². The molecule has 1 N–H and O–H groups in total. The molecule has 1 atom stereocenters. The van der Waals surface area contributed by atoms with E-state index in [0.717, 1.165) is 0 Å². The van der Waals surface area contributed by atoms with Crippen LogP contribution < -0.4 is 0 Å². The second kappa shape index (κ2) is 4.37. The lowest BCUT2D eigenvalue weighted by Crippen LogP contribution is -2.37. The Morgan fingerprint density at radius 1 is 1.00 bits per heavy atom. The van der Waals surface area contributed by atoms with Crippen LogP contribution in [0.15, 0.2) is 30.3 Å². The summed E-state index contributed by atoms with van der Waals surface area (Å²) in [7, 11) is 0. The van der Waals surface area contributed by atoms with E-state index in [1.165, 1.54) is 24.3 Å². The zero-order valence-corrected chi connectivity index (χ0v) is 8.01. The zero-order valence-electron chi connectivity index (χ0n) is 8.01. The van der Waals surface area contributed by atoms with Crippen molar-refractivity contribution >= 4 is 0 Å². The third kappa shape index (κ3) is 2.91. The van der Waals surface area contributed by atoms with Gasteiger partial charge in [0.2, 0.25) is 0 Å². The first kappa shape index (κ1) is 12.9. The lowest BCUT2D eigenvalue weighted by atomic mass is 10.0. The van der Waals surface area contributed by atoms with Crippen LogP contribution in [0.1, 0.15) is 18.1 Å². The summed E-state index contributed by atoms with van der Waals surface area (Å²) in [5.74, 6) is -4.89. The zero-order chi connectivity index (χ0) is 12.4. The smallest absolute Gasteiger partial charge is 0.388 e. The quantitative estimate of drug-likeness (QED) is 0.803. The molecule has 0 amide bonds. The van der Waals surface area contributed by atoms with E-state index in [-0.39, 0.29) is 5.56 Å². The number of aliphatic hydroxyl groups is 1. The van der Waals surface area contributed by atoms with Crippen molar-refractivity contribution in [3.05, 3.63) is 35.9 Å². The van der Waals surface area contributed by atoms with Crippen LogP contribution in [0.3, 0.4) is 0 Å². The number of halogens is 5. The fourth-order valence-corrected chi connectivity index (χ4v) is 1.15. The molecule has 1 aromatic carbocycles. The molecule has 0 saturated heterocycles. The van der Waals surface area contributed by atoms with Crippen molar-refractivity contribution in [2.75, 3.05) is 0 Å². The first-order valence-corrected chi connectivity index (χ1v) is 4.41. The minimum atomic E-state index is -5.64. The third-order valence-corrected chi connectivity index (χ3v) is 2.05. The monoisotopic (exact) mass is 240 g/mol. The second-order valence-electron chi connectivity index (χ2n) is 3.33. The van der Waals surface area contributed by atoms with E-state index in [1.807, 2.05) is 0 Å². The molecule has 0 radical (unpaired) electrons. The maximum atomic E-state index is 12.6. The molecule has 1 rings (SSSR count). The maximum absolute atomic E-state index is 12.6. The number of rotatable bonds is 3. The number of aliphatic hydroxyl groups excluding tert-OH is 1. The van der Waals surface area contributed by atoms with Crippen molar-refractivity contribution < 1.29 is 27.1 Å². The molecule has 0 fully saturated rings. The van der Waals surface area contributed by atoms with E-state index in [1.54, 1.807) is 6.07 Å². The van der Waals surface area contributed by atoms with Gasteiger partial charge < -0.3 is 5.11 Å². The van der Waals surface area contributed by atoms with Gasteiger partial charge in [0, 0.05) is 0 Å². The van der Waals surface area contributed by atoms with E-state index in [9.17, 15) is 27.1 Å². The van der Waals surface area contributed by atoms with E-state index in [2.05, 4.69) is 0 Å². The highest BCUT2D eigenvalue weighted by Crippen LogP contribution is 2.41. The number of hydrogen-bond acceptors (Lipinski definition) is 1. The molecule has 90 valence electrons. The van der Waals surface area contributed by atoms with Crippen LogP contribution in [0.5, 0.6) is 0 Å². The lowest BCUT2D eigenvalue weighted by molar-refractivity contribution is -0.290. The Hall–Kier alpha value is -1.17. The predicted molar refractivity (Wildman–Crippen MR) is 47.0 cm³/mol. The summed E-state index contributed by atoms with van der Waals surface area (Å²) in [5, 5.41) is 9.24. The maximum Gasteiger partial charge on any atom is 0.453 e. The topological polar surface area (TPSA) is 20.2 Å². The molecule has 1 unspecified atom stereocenters. The first-order valence-electron chi connectivity index (χ1n) is 4.41. The highest BCUT2D eigenvalue weighted by atomic mass is 19.4. The summed E-state index contributed by atoms with van der Waals surface area (Å²) in [6.45, 7) is 0. The van der Waals surface area contributed by atoms with Gasteiger partial charge in [0.05, 0.1) is 12.5 Å². The predicted octanol–water partition coefficient (Wildman–Crippen LogP) is 3.31. The summed E-state index contributed by atoms with van der Waals surface area (Å²) in [6.07, 6.45) is -9.14. The summed E-state index contributed by atoms with van der Waals surface area (Å²) < 4.78 is 60.7. The number of hydrogen-bond donors (Lipinski definition) is 1. The van der Waals surface area contributed by atoms with Crippen molar-refractivity contribution in [2.24, 2.45) is 0 Å². The van der Waals surface area contributed by atoms with E-state index >= 15 is 0 Å². The fourth-order valence-electron chi connectivity index (χ4n) is 1.15. The van der Waals surface area contributed by atoms with Crippen molar-refractivity contribution in [3.8, 4) is 0 Å². The number of benzene rings is 1. The molecule has 16 heavy (non-hydrogen) atoms. The molecule has 0 bridgehead atoms. The van der Waals surface area contributed by atoms with Crippen LogP contribution in [0.25, 0.3) is 0 Å². The Balaban J connectivity index is 2.76. The van der Waals surface area contributed by atoms with Crippen LogP contribution in [-0.2, 0) is 0 Å². The van der Waals surface area contributed by atoms with Gasteiger partial charge in [-0.1, -0.05) is 30.3 Å². The summed E-state index contributed by atoms with van der Waals surface area (Å²) in [5.41, 5.74) is 0.0337. The average molecular weight is 240 g/mol. The molecule has 1 aromatic rings. The molecular weight excluding hydrogens is 231 g/mol. The van der Waals surface area contributed by atoms with Gasteiger partial charge in [-0.25, -0.2) is 0 Å². The van der Waals surface area contributed by atoms with Gasteiger partial charge in [-0.05, 0) is 5.56 Å². The van der Waals surface area contributed by atoms with Gasteiger partial charge in [-0.15, -0.1) is 0 Å². The van der Waals surface area contributed by atoms with Crippen molar-refractivity contribution in [2.45, 2.75) is 24.6 Å². The van der Waals surface area contributed by atoms with Crippen LogP contribution in [0.4, 0.5) is 22.0 Å². The van der Waals surface area contributed by atoms with E-state index in [0.29, 0.717) is 0 Å². The minimum absolute atomic E-state index is 0.0337. The van der Waals surface area contributed by atoms with Gasteiger partial charge in [-0.3, -0.25) is 0 Å². The fraction of sp³-hybridized carbons (Fsp3) is 0.400. The van der Waals surface area contributed by atoms with Gasteiger partial charge in [-0.2, -0.15) is 22.0 Å². The lowest BCUT2D eigenvalue weighted by Gasteiger charge is -2.22. The molecule has 0 aliphatic carbocycles. The average Bonchev–Trinajstić information content (AvgIpc) is 2.16. The second-order valence-corrected chi connectivity index (χ2v) is 3.33. The Labute approximate surface area is 88.5 Å². The van der Waals surface area contributed by atoms with Gasteiger partial charge in [0.15, 0.2) is 0 Å². The molecule has 0 aromatic heterocycles. The highest BCUT2D eigenvalue weighted by molar-refractivity contribution is 5.17. The Morgan fingerprint density at radius 2 is 1.50 bits per heavy atom. The van der Waals surface area contributed by atoms with Crippen molar-refractivity contribution in [3.63, 3.8) is 0 Å². The Kier molecular flexibility index (Phi) is 3.52. The summed E-state index contributed by atoms with van der Waals surface area (Å²) in [4.78, 5) is 0. The molecule has 6 heteroatoms. The normalized spacial score (nSPS) is 14.9.